The largest absolute Gasteiger partial charge is 0.352 e. The van der Waals surface area contributed by atoms with Crippen molar-refractivity contribution in [3.8, 4) is 0 Å². The van der Waals surface area contributed by atoms with Crippen LogP contribution in [0.5, 0.6) is 0 Å². The zero-order valence-electron chi connectivity index (χ0n) is 19.2. The number of hydrogen-bond acceptors (Lipinski definition) is 4. The quantitative estimate of drug-likeness (QED) is 0.594. The van der Waals surface area contributed by atoms with Crippen LogP contribution in [0, 0.1) is 0 Å². The van der Waals surface area contributed by atoms with Gasteiger partial charge in [-0.25, -0.2) is 8.42 Å². The summed E-state index contributed by atoms with van der Waals surface area (Å²) in [7, 11) is -2.08. The summed E-state index contributed by atoms with van der Waals surface area (Å²) in [5.74, 6) is -0.363. The second-order valence-electron chi connectivity index (χ2n) is 9.18. The van der Waals surface area contributed by atoms with Crippen LogP contribution in [0.1, 0.15) is 74.6 Å². The van der Waals surface area contributed by atoms with E-state index in [4.69, 9.17) is 0 Å². The highest BCUT2D eigenvalue weighted by molar-refractivity contribution is 7.89. The molecule has 8 heteroatoms. The van der Waals surface area contributed by atoms with E-state index in [0.29, 0.717) is 17.4 Å². The van der Waals surface area contributed by atoms with Crippen molar-refractivity contribution in [3.05, 3.63) is 51.8 Å². The summed E-state index contributed by atoms with van der Waals surface area (Å²) < 4.78 is 28.1. The molecular formula is C25H33N3O4S. The molecule has 0 aliphatic heterocycles. The summed E-state index contributed by atoms with van der Waals surface area (Å²) in [4.78, 5) is 28.0. The predicted octanol–water partition coefficient (Wildman–Crippen LogP) is 4.10. The van der Waals surface area contributed by atoms with Crippen LogP contribution < -0.4 is 10.9 Å². The van der Waals surface area contributed by atoms with Gasteiger partial charge in [0.2, 0.25) is 15.6 Å². The second kappa shape index (κ2) is 10.2. The lowest BCUT2D eigenvalue weighted by atomic mass is 9.96. The fourth-order valence-corrected chi connectivity index (χ4v) is 6.39. The van der Waals surface area contributed by atoms with Gasteiger partial charge in [-0.2, -0.15) is 4.31 Å². The summed E-state index contributed by atoms with van der Waals surface area (Å²) >= 11 is 0. The van der Waals surface area contributed by atoms with Crippen LogP contribution in [0.3, 0.4) is 0 Å². The maximum atomic E-state index is 13.3. The zero-order chi connectivity index (χ0) is 23.4. The van der Waals surface area contributed by atoms with Gasteiger partial charge in [0.1, 0.15) is 0 Å². The highest BCUT2D eigenvalue weighted by atomic mass is 32.2. The van der Waals surface area contributed by atoms with Crippen molar-refractivity contribution in [1.82, 2.24) is 14.6 Å². The van der Waals surface area contributed by atoms with Crippen molar-refractivity contribution in [2.75, 3.05) is 13.6 Å². The van der Waals surface area contributed by atoms with E-state index in [2.05, 4.69) is 16.4 Å². The Hall–Kier alpha value is -2.45. The first-order valence-electron chi connectivity index (χ1n) is 12.0. The highest BCUT2D eigenvalue weighted by Crippen LogP contribution is 2.28. The third-order valence-electron chi connectivity index (χ3n) is 6.94. The predicted molar refractivity (Wildman–Crippen MR) is 130 cm³/mol. The molecule has 0 bridgehead atoms. The molecule has 2 N–H and O–H groups in total. The summed E-state index contributed by atoms with van der Waals surface area (Å²) in [6.45, 7) is 0.487. The number of H-pyrrole nitrogens is 1. The van der Waals surface area contributed by atoms with Gasteiger partial charge in [-0.1, -0.05) is 30.9 Å². The van der Waals surface area contributed by atoms with Crippen molar-refractivity contribution >= 4 is 26.8 Å². The minimum absolute atomic E-state index is 0.00751. The van der Waals surface area contributed by atoms with E-state index >= 15 is 0 Å². The van der Waals surface area contributed by atoms with Gasteiger partial charge in [0.25, 0.3) is 5.91 Å². The third-order valence-corrected chi connectivity index (χ3v) is 8.85. The van der Waals surface area contributed by atoms with Crippen LogP contribution in [0.15, 0.2) is 45.6 Å². The SMILES string of the molecule is CN(C1CCCCC1)S(=O)(=O)c1ccc2[nH]c(=O)cc(C(=O)NCCC3=CCCCC3)c2c1. The lowest BCUT2D eigenvalue weighted by Gasteiger charge is -2.30. The molecule has 0 unspecified atom stereocenters. The smallest absolute Gasteiger partial charge is 0.252 e. The van der Waals surface area contributed by atoms with E-state index in [1.54, 1.807) is 13.1 Å². The number of sulfonamides is 1. The fraction of sp³-hybridized carbons (Fsp3) is 0.520. The number of pyridine rings is 1. The van der Waals surface area contributed by atoms with Gasteiger partial charge in [0.05, 0.1) is 10.5 Å². The second-order valence-corrected chi connectivity index (χ2v) is 11.2. The third kappa shape index (κ3) is 5.38. The van der Waals surface area contributed by atoms with E-state index in [9.17, 15) is 18.0 Å². The Labute approximate surface area is 195 Å². The molecule has 7 nitrogen and oxygen atoms in total. The lowest BCUT2D eigenvalue weighted by Crippen LogP contribution is -2.38. The molecule has 0 saturated heterocycles. The number of carbonyl (C=O) groups is 1. The molecule has 1 aromatic carbocycles. The maximum absolute atomic E-state index is 13.3. The Morgan fingerprint density at radius 2 is 1.91 bits per heavy atom. The van der Waals surface area contributed by atoms with Crippen LogP contribution in [0.25, 0.3) is 10.9 Å². The normalized spacial score (nSPS) is 17.8. The molecule has 1 aromatic heterocycles. The number of carbonyl (C=O) groups excluding carboxylic acids is 1. The minimum Gasteiger partial charge on any atom is -0.352 e. The van der Waals surface area contributed by atoms with Crippen molar-refractivity contribution in [2.24, 2.45) is 0 Å². The number of aromatic amines is 1. The number of allylic oxidation sites excluding steroid dienone is 1. The van der Waals surface area contributed by atoms with Gasteiger partial charge in [0.15, 0.2) is 0 Å². The van der Waals surface area contributed by atoms with Crippen LogP contribution in [0.2, 0.25) is 0 Å². The molecule has 178 valence electrons. The Morgan fingerprint density at radius 1 is 1.12 bits per heavy atom. The molecule has 0 spiro atoms. The number of hydrogen-bond donors (Lipinski definition) is 2. The first-order valence-corrected chi connectivity index (χ1v) is 13.4. The molecule has 2 aliphatic rings. The van der Waals surface area contributed by atoms with Crippen molar-refractivity contribution in [1.29, 1.82) is 0 Å². The number of rotatable bonds is 7. The van der Waals surface area contributed by atoms with Crippen LogP contribution in [-0.4, -0.2) is 43.2 Å². The molecule has 0 radical (unpaired) electrons. The zero-order valence-corrected chi connectivity index (χ0v) is 20.0. The standard InChI is InChI=1S/C25H33N3O4S/c1-28(19-10-6-3-7-11-19)33(31,32)20-12-13-23-21(16-20)22(17-24(29)27-23)25(30)26-15-14-18-8-4-2-5-9-18/h8,12-13,16-17,19H,2-7,9-11,14-15H2,1H3,(H,26,30)(H,27,29). The number of benzene rings is 1. The van der Waals surface area contributed by atoms with Gasteiger partial charge >= 0.3 is 0 Å². The molecule has 33 heavy (non-hydrogen) atoms. The van der Waals surface area contributed by atoms with Crippen LogP contribution in [-0.2, 0) is 10.0 Å². The van der Waals surface area contributed by atoms with E-state index < -0.39 is 15.6 Å². The summed E-state index contributed by atoms with van der Waals surface area (Å²) in [5, 5.41) is 3.34. The monoisotopic (exact) mass is 471 g/mol. The van der Waals surface area contributed by atoms with Crippen LogP contribution in [0.4, 0.5) is 0 Å². The average Bonchev–Trinajstić information content (AvgIpc) is 2.83. The van der Waals surface area contributed by atoms with Gasteiger partial charge in [-0.15, -0.1) is 0 Å². The number of nitrogens with zero attached hydrogens (tertiary/aromatic N) is 1. The Bertz CT molecular complexity index is 1210. The highest BCUT2D eigenvalue weighted by Gasteiger charge is 2.29. The number of fused-ring (bicyclic) bond motifs is 1. The van der Waals surface area contributed by atoms with E-state index in [-0.39, 0.29) is 22.4 Å². The van der Waals surface area contributed by atoms with E-state index in [0.717, 1.165) is 51.4 Å². The number of aromatic nitrogens is 1. The molecule has 1 saturated carbocycles. The maximum Gasteiger partial charge on any atom is 0.252 e. The van der Waals surface area contributed by atoms with Gasteiger partial charge in [-0.05, 0) is 63.1 Å². The molecule has 1 fully saturated rings. The molecule has 2 aliphatic carbocycles. The molecule has 1 amide bonds. The Balaban J connectivity index is 1.59. The summed E-state index contributed by atoms with van der Waals surface area (Å²) in [6, 6.07) is 5.83. The van der Waals surface area contributed by atoms with Gasteiger partial charge in [-0.3, -0.25) is 9.59 Å². The molecular weight excluding hydrogens is 438 g/mol. The van der Waals surface area contributed by atoms with Crippen molar-refractivity contribution in [2.45, 2.75) is 75.1 Å². The summed E-state index contributed by atoms with van der Waals surface area (Å²) in [5.41, 5.74) is 1.61. The molecule has 2 aromatic rings. The van der Waals surface area contributed by atoms with Gasteiger partial charge < -0.3 is 10.3 Å². The van der Waals surface area contributed by atoms with Crippen molar-refractivity contribution < 1.29 is 13.2 Å². The number of nitrogens with one attached hydrogen (secondary N) is 2. The lowest BCUT2D eigenvalue weighted by molar-refractivity contribution is 0.0955. The summed E-state index contributed by atoms with van der Waals surface area (Å²) in [6.07, 6.45) is 12.5. The topological polar surface area (TPSA) is 99.3 Å². The van der Waals surface area contributed by atoms with Crippen molar-refractivity contribution in [3.63, 3.8) is 0 Å². The van der Waals surface area contributed by atoms with Gasteiger partial charge in [0, 0.05) is 36.6 Å². The van der Waals surface area contributed by atoms with E-state index in [1.807, 2.05) is 0 Å². The number of amides is 1. The molecule has 1 heterocycles. The van der Waals surface area contributed by atoms with E-state index in [1.165, 1.54) is 40.9 Å². The Morgan fingerprint density at radius 3 is 2.64 bits per heavy atom. The Kier molecular flexibility index (Phi) is 7.34. The first kappa shape index (κ1) is 23.7. The molecule has 4 rings (SSSR count). The first-order chi connectivity index (χ1) is 15.9. The molecule has 0 atom stereocenters. The fourth-order valence-electron chi connectivity index (χ4n) is 4.95. The minimum atomic E-state index is -3.71. The van der Waals surface area contributed by atoms with Crippen LogP contribution >= 0.6 is 0 Å². The average molecular weight is 472 g/mol.